The van der Waals surface area contributed by atoms with Gasteiger partial charge < -0.3 is 9.88 Å². The van der Waals surface area contributed by atoms with E-state index >= 15 is 0 Å². The number of nitrogens with zero attached hydrogens (tertiary/aromatic N) is 1. The van der Waals surface area contributed by atoms with E-state index in [4.69, 9.17) is 0 Å². The Kier molecular flexibility index (Phi) is 4.01. The summed E-state index contributed by atoms with van der Waals surface area (Å²) in [7, 11) is 0. The van der Waals surface area contributed by atoms with Gasteiger partial charge in [-0.15, -0.1) is 0 Å². The first-order chi connectivity index (χ1) is 11.9. The summed E-state index contributed by atoms with van der Waals surface area (Å²) in [6.45, 7) is 0.154. The lowest BCUT2D eigenvalue weighted by atomic mass is 9.94. The van der Waals surface area contributed by atoms with Crippen molar-refractivity contribution in [2.75, 3.05) is 13.1 Å². The SMILES string of the molecule is O=C(c1cccc2c3c([nH]c12)CCCC3)N1CCCC(C(F)(F)F)C1. The van der Waals surface area contributed by atoms with Gasteiger partial charge in [0.15, 0.2) is 0 Å². The monoisotopic (exact) mass is 350 g/mol. The number of hydrogen-bond donors (Lipinski definition) is 1. The van der Waals surface area contributed by atoms with Crippen molar-refractivity contribution in [2.24, 2.45) is 5.92 Å². The maximum absolute atomic E-state index is 13.0. The summed E-state index contributed by atoms with van der Waals surface area (Å²) < 4.78 is 39.1. The van der Waals surface area contributed by atoms with E-state index in [2.05, 4.69) is 4.98 Å². The average Bonchev–Trinajstić information content (AvgIpc) is 2.99. The Morgan fingerprint density at radius 2 is 1.96 bits per heavy atom. The normalized spacial score (nSPS) is 21.4. The maximum Gasteiger partial charge on any atom is 0.393 e. The van der Waals surface area contributed by atoms with Crippen LogP contribution in [0.25, 0.3) is 10.9 Å². The summed E-state index contributed by atoms with van der Waals surface area (Å²) in [5.41, 5.74) is 3.72. The number of benzene rings is 1. The van der Waals surface area contributed by atoms with Crippen LogP contribution in [0.2, 0.25) is 0 Å². The molecule has 1 aliphatic heterocycles. The molecule has 1 atom stereocenters. The molecular formula is C19H21F3N2O. The molecule has 1 saturated heterocycles. The van der Waals surface area contributed by atoms with Gasteiger partial charge in [-0.05, 0) is 50.2 Å². The first-order valence-electron chi connectivity index (χ1n) is 8.93. The number of aromatic amines is 1. The van der Waals surface area contributed by atoms with Crippen LogP contribution in [0.4, 0.5) is 13.2 Å². The number of carbonyl (C=O) groups excluding carboxylic acids is 1. The first-order valence-corrected chi connectivity index (χ1v) is 8.93. The Hall–Kier alpha value is -1.98. The molecule has 134 valence electrons. The van der Waals surface area contributed by atoms with Gasteiger partial charge in [0.2, 0.25) is 0 Å². The third kappa shape index (κ3) is 2.92. The molecule has 25 heavy (non-hydrogen) atoms. The third-order valence-corrected chi connectivity index (χ3v) is 5.54. The van der Waals surface area contributed by atoms with Crippen LogP contribution < -0.4 is 0 Å². The van der Waals surface area contributed by atoms with Crippen molar-refractivity contribution in [3.63, 3.8) is 0 Å². The molecule has 2 aliphatic rings. The highest BCUT2D eigenvalue weighted by atomic mass is 19.4. The van der Waals surface area contributed by atoms with E-state index in [0.29, 0.717) is 18.5 Å². The predicted molar refractivity (Wildman–Crippen MR) is 89.6 cm³/mol. The number of para-hydroxylation sites is 1. The Balaban J connectivity index is 1.67. The van der Waals surface area contributed by atoms with Gasteiger partial charge in [-0.1, -0.05) is 12.1 Å². The van der Waals surface area contributed by atoms with Crippen LogP contribution in [0, 0.1) is 5.92 Å². The van der Waals surface area contributed by atoms with Gasteiger partial charge in [-0.2, -0.15) is 13.2 Å². The summed E-state index contributed by atoms with van der Waals surface area (Å²) in [5, 5.41) is 1.05. The minimum Gasteiger partial charge on any atom is -0.358 e. The Morgan fingerprint density at radius 1 is 1.16 bits per heavy atom. The molecule has 1 fully saturated rings. The number of nitrogens with one attached hydrogen (secondary N) is 1. The van der Waals surface area contributed by atoms with Crippen LogP contribution in [0.3, 0.4) is 0 Å². The molecule has 1 amide bonds. The van der Waals surface area contributed by atoms with Crippen LogP contribution in [-0.4, -0.2) is 35.1 Å². The molecule has 4 rings (SSSR count). The zero-order valence-corrected chi connectivity index (χ0v) is 14.0. The number of likely N-dealkylation sites (tertiary alicyclic amines) is 1. The van der Waals surface area contributed by atoms with E-state index in [9.17, 15) is 18.0 Å². The highest BCUT2D eigenvalue weighted by Crippen LogP contribution is 2.35. The molecule has 1 unspecified atom stereocenters. The zero-order chi connectivity index (χ0) is 17.6. The van der Waals surface area contributed by atoms with Gasteiger partial charge in [0, 0.05) is 24.2 Å². The number of piperidine rings is 1. The lowest BCUT2D eigenvalue weighted by Gasteiger charge is -2.33. The van der Waals surface area contributed by atoms with E-state index in [-0.39, 0.29) is 18.9 Å². The molecule has 0 bridgehead atoms. The molecule has 6 heteroatoms. The smallest absolute Gasteiger partial charge is 0.358 e. The number of H-pyrrole nitrogens is 1. The minimum atomic E-state index is -4.24. The van der Waals surface area contributed by atoms with Crippen LogP contribution in [0.1, 0.15) is 47.3 Å². The number of hydrogen-bond acceptors (Lipinski definition) is 1. The van der Waals surface area contributed by atoms with Gasteiger partial charge in [-0.25, -0.2) is 0 Å². The number of amides is 1. The number of halogens is 3. The van der Waals surface area contributed by atoms with Crippen molar-refractivity contribution >= 4 is 16.8 Å². The maximum atomic E-state index is 13.0. The summed E-state index contributed by atoms with van der Waals surface area (Å²) in [6.07, 6.45) is 0.488. The first kappa shape index (κ1) is 16.5. The fourth-order valence-corrected chi connectivity index (χ4v) is 4.21. The minimum absolute atomic E-state index is 0.105. The highest BCUT2D eigenvalue weighted by Gasteiger charge is 2.43. The lowest BCUT2D eigenvalue weighted by molar-refractivity contribution is -0.184. The largest absolute Gasteiger partial charge is 0.393 e. The van der Waals surface area contributed by atoms with Crippen LogP contribution >= 0.6 is 0 Å². The van der Waals surface area contributed by atoms with Crippen molar-refractivity contribution in [3.8, 4) is 0 Å². The Bertz CT molecular complexity index is 809. The number of carbonyl (C=O) groups is 1. The summed E-state index contributed by atoms with van der Waals surface area (Å²) in [5.74, 6) is -1.71. The van der Waals surface area contributed by atoms with Crippen molar-refractivity contribution in [2.45, 2.75) is 44.7 Å². The van der Waals surface area contributed by atoms with E-state index in [1.54, 1.807) is 6.07 Å². The van der Waals surface area contributed by atoms with Gasteiger partial charge in [0.1, 0.15) is 0 Å². The van der Waals surface area contributed by atoms with E-state index in [1.807, 2.05) is 12.1 Å². The molecule has 1 N–H and O–H groups in total. The molecule has 2 heterocycles. The Labute approximate surface area is 144 Å². The fourth-order valence-electron chi connectivity index (χ4n) is 4.21. The predicted octanol–water partition coefficient (Wildman–Crippen LogP) is 4.46. The molecule has 1 aromatic heterocycles. The van der Waals surface area contributed by atoms with E-state index in [1.165, 1.54) is 16.2 Å². The van der Waals surface area contributed by atoms with Gasteiger partial charge >= 0.3 is 6.18 Å². The summed E-state index contributed by atoms with van der Waals surface area (Å²) in [4.78, 5) is 17.7. The van der Waals surface area contributed by atoms with Crippen LogP contribution in [0.15, 0.2) is 18.2 Å². The number of aromatic nitrogens is 1. The van der Waals surface area contributed by atoms with Crippen LogP contribution in [-0.2, 0) is 12.8 Å². The zero-order valence-electron chi connectivity index (χ0n) is 14.0. The molecule has 0 radical (unpaired) electrons. The standard InChI is InChI=1S/C19H21F3N2O/c20-19(21,22)12-5-4-10-24(11-12)18(25)15-8-3-7-14-13-6-1-2-9-16(13)23-17(14)15/h3,7-8,12,23H,1-2,4-6,9-11H2. The molecule has 0 spiro atoms. The average molecular weight is 350 g/mol. The highest BCUT2D eigenvalue weighted by molar-refractivity contribution is 6.06. The second kappa shape index (κ2) is 6.07. The number of fused-ring (bicyclic) bond motifs is 3. The van der Waals surface area contributed by atoms with Crippen LogP contribution in [0.5, 0.6) is 0 Å². The number of rotatable bonds is 1. The van der Waals surface area contributed by atoms with Gasteiger partial charge in [0.05, 0.1) is 17.0 Å². The van der Waals surface area contributed by atoms with Crippen molar-refractivity contribution in [1.82, 2.24) is 9.88 Å². The van der Waals surface area contributed by atoms with Gasteiger partial charge in [-0.3, -0.25) is 4.79 Å². The van der Waals surface area contributed by atoms with Gasteiger partial charge in [0.25, 0.3) is 5.91 Å². The fraction of sp³-hybridized carbons (Fsp3) is 0.526. The number of aryl methyl sites for hydroxylation is 2. The van der Waals surface area contributed by atoms with Crippen molar-refractivity contribution in [3.05, 3.63) is 35.0 Å². The topological polar surface area (TPSA) is 36.1 Å². The summed E-state index contributed by atoms with van der Waals surface area (Å²) >= 11 is 0. The Morgan fingerprint density at radius 3 is 2.76 bits per heavy atom. The molecule has 3 nitrogen and oxygen atoms in total. The third-order valence-electron chi connectivity index (χ3n) is 5.54. The molecule has 0 saturated carbocycles. The van der Waals surface area contributed by atoms with E-state index in [0.717, 1.165) is 36.6 Å². The molecule has 2 aromatic rings. The number of alkyl halides is 3. The quantitative estimate of drug-likeness (QED) is 0.810. The second-order valence-electron chi connectivity index (χ2n) is 7.15. The van der Waals surface area contributed by atoms with E-state index < -0.39 is 12.1 Å². The molecule has 1 aromatic carbocycles. The second-order valence-corrected chi connectivity index (χ2v) is 7.15. The van der Waals surface area contributed by atoms with Crippen molar-refractivity contribution in [1.29, 1.82) is 0 Å². The van der Waals surface area contributed by atoms with Crippen molar-refractivity contribution < 1.29 is 18.0 Å². The molecular weight excluding hydrogens is 329 g/mol. The lowest BCUT2D eigenvalue weighted by Crippen LogP contribution is -2.44. The molecule has 1 aliphatic carbocycles. The summed E-state index contributed by atoms with van der Waals surface area (Å²) in [6, 6.07) is 5.56.